The van der Waals surface area contributed by atoms with Crippen LogP contribution >= 0.6 is 22.9 Å². The lowest BCUT2D eigenvalue weighted by molar-refractivity contribution is 0.873. The maximum atomic E-state index is 6.06. The van der Waals surface area contributed by atoms with Gasteiger partial charge in [0.2, 0.25) is 0 Å². The maximum absolute atomic E-state index is 6.06. The van der Waals surface area contributed by atoms with Gasteiger partial charge in [0.05, 0.1) is 10.4 Å². The fraction of sp³-hybridized carbons (Fsp3) is 0.100. The van der Waals surface area contributed by atoms with Gasteiger partial charge in [0, 0.05) is 18.0 Å². The summed E-state index contributed by atoms with van der Waals surface area (Å²) in [5, 5.41) is 1.94. The van der Waals surface area contributed by atoms with Crippen LogP contribution in [0.5, 0.6) is 0 Å². The van der Waals surface area contributed by atoms with E-state index in [0.29, 0.717) is 0 Å². The Morgan fingerprint density at radius 1 is 1.29 bits per heavy atom. The highest BCUT2D eigenvalue weighted by Gasteiger charge is 2.12. The van der Waals surface area contributed by atoms with Crippen molar-refractivity contribution in [1.29, 1.82) is 0 Å². The molecule has 2 N–H and O–H groups in total. The SMILES string of the molecule is NC(c1ccncc1)c1ccsc1Cl. The van der Waals surface area contributed by atoms with E-state index in [4.69, 9.17) is 17.3 Å². The van der Waals surface area contributed by atoms with Crippen LogP contribution in [0.2, 0.25) is 4.34 Å². The smallest absolute Gasteiger partial charge is 0.0979 e. The minimum atomic E-state index is -0.156. The molecule has 1 atom stereocenters. The summed E-state index contributed by atoms with van der Waals surface area (Å²) in [7, 11) is 0. The fourth-order valence-corrected chi connectivity index (χ4v) is 2.28. The van der Waals surface area contributed by atoms with Crippen molar-refractivity contribution in [1.82, 2.24) is 4.98 Å². The second-order valence-corrected chi connectivity index (χ2v) is 4.43. The van der Waals surface area contributed by atoms with E-state index < -0.39 is 0 Å². The third kappa shape index (κ3) is 1.80. The van der Waals surface area contributed by atoms with Crippen LogP contribution < -0.4 is 5.73 Å². The summed E-state index contributed by atoms with van der Waals surface area (Å²) in [4.78, 5) is 3.95. The molecule has 0 saturated heterocycles. The van der Waals surface area contributed by atoms with E-state index in [-0.39, 0.29) is 6.04 Å². The van der Waals surface area contributed by atoms with E-state index in [9.17, 15) is 0 Å². The first-order valence-corrected chi connectivity index (χ1v) is 5.43. The van der Waals surface area contributed by atoms with Gasteiger partial charge >= 0.3 is 0 Å². The summed E-state index contributed by atoms with van der Waals surface area (Å²) < 4.78 is 0.759. The van der Waals surface area contributed by atoms with Crippen LogP contribution in [0.25, 0.3) is 0 Å². The number of aromatic nitrogens is 1. The van der Waals surface area contributed by atoms with E-state index in [2.05, 4.69) is 4.98 Å². The third-order valence-electron chi connectivity index (χ3n) is 2.05. The highest BCUT2D eigenvalue weighted by Crippen LogP contribution is 2.30. The van der Waals surface area contributed by atoms with Gasteiger partial charge in [-0.15, -0.1) is 11.3 Å². The van der Waals surface area contributed by atoms with Crippen molar-refractivity contribution in [3.05, 3.63) is 51.4 Å². The van der Waals surface area contributed by atoms with Crippen LogP contribution in [0.3, 0.4) is 0 Å². The Hall–Kier alpha value is -0.900. The molecule has 2 rings (SSSR count). The van der Waals surface area contributed by atoms with Crippen molar-refractivity contribution in [2.24, 2.45) is 5.73 Å². The molecule has 2 nitrogen and oxygen atoms in total. The number of thiophene rings is 1. The van der Waals surface area contributed by atoms with Crippen molar-refractivity contribution in [3.63, 3.8) is 0 Å². The summed E-state index contributed by atoms with van der Waals surface area (Å²) in [6.07, 6.45) is 3.46. The van der Waals surface area contributed by atoms with Gasteiger partial charge in [-0.05, 0) is 29.1 Å². The fourth-order valence-electron chi connectivity index (χ4n) is 1.28. The summed E-state index contributed by atoms with van der Waals surface area (Å²) in [5.74, 6) is 0. The van der Waals surface area contributed by atoms with Crippen LogP contribution in [0.4, 0.5) is 0 Å². The molecule has 0 aliphatic rings. The number of nitrogens with two attached hydrogens (primary N) is 1. The largest absolute Gasteiger partial charge is 0.320 e. The van der Waals surface area contributed by atoms with Gasteiger partial charge in [-0.2, -0.15) is 0 Å². The van der Waals surface area contributed by atoms with Crippen LogP contribution in [0.1, 0.15) is 17.2 Å². The molecule has 0 spiro atoms. The Labute approximate surface area is 91.4 Å². The molecule has 2 aromatic heterocycles. The first-order chi connectivity index (χ1) is 6.79. The number of rotatable bonds is 2. The second-order valence-electron chi connectivity index (χ2n) is 2.91. The lowest BCUT2D eigenvalue weighted by Gasteiger charge is -2.10. The number of hydrogen-bond acceptors (Lipinski definition) is 3. The number of nitrogens with zero attached hydrogens (tertiary/aromatic N) is 1. The van der Waals surface area contributed by atoms with Crippen molar-refractivity contribution in [3.8, 4) is 0 Å². The zero-order valence-electron chi connectivity index (χ0n) is 7.35. The van der Waals surface area contributed by atoms with E-state index in [1.807, 2.05) is 23.6 Å². The van der Waals surface area contributed by atoms with Crippen LogP contribution in [-0.4, -0.2) is 4.98 Å². The summed E-state index contributed by atoms with van der Waals surface area (Å²) in [6.45, 7) is 0. The van der Waals surface area contributed by atoms with E-state index in [1.54, 1.807) is 12.4 Å². The van der Waals surface area contributed by atoms with Crippen molar-refractivity contribution < 1.29 is 0 Å². The minimum absolute atomic E-state index is 0.156. The molecule has 0 radical (unpaired) electrons. The minimum Gasteiger partial charge on any atom is -0.320 e. The average Bonchev–Trinajstić information content (AvgIpc) is 2.65. The zero-order valence-corrected chi connectivity index (χ0v) is 8.92. The van der Waals surface area contributed by atoms with Crippen LogP contribution in [0, 0.1) is 0 Å². The molecule has 4 heteroatoms. The highest BCUT2D eigenvalue weighted by atomic mass is 35.5. The topological polar surface area (TPSA) is 38.9 Å². The summed E-state index contributed by atoms with van der Waals surface area (Å²) >= 11 is 7.50. The second kappa shape index (κ2) is 4.09. The van der Waals surface area contributed by atoms with E-state index in [1.165, 1.54) is 11.3 Å². The van der Waals surface area contributed by atoms with Crippen LogP contribution in [0.15, 0.2) is 36.0 Å². The van der Waals surface area contributed by atoms with E-state index >= 15 is 0 Å². The standard InChI is InChI=1S/C10H9ClN2S/c11-10-8(3-6-14-10)9(12)7-1-4-13-5-2-7/h1-6,9H,12H2. The van der Waals surface area contributed by atoms with Crippen molar-refractivity contribution >= 4 is 22.9 Å². The molecule has 0 aliphatic carbocycles. The Morgan fingerprint density at radius 3 is 2.57 bits per heavy atom. The van der Waals surface area contributed by atoms with E-state index in [0.717, 1.165) is 15.5 Å². The zero-order chi connectivity index (χ0) is 9.97. The third-order valence-corrected chi connectivity index (χ3v) is 3.25. The molecule has 1 unspecified atom stereocenters. The molecule has 0 bridgehead atoms. The van der Waals surface area contributed by atoms with Gasteiger partial charge < -0.3 is 5.73 Å². The molecule has 0 aliphatic heterocycles. The lowest BCUT2D eigenvalue weighted by Crippen LogP contribution is -2.11. The summed E-state index contributed by atoms with van der Waals surface area (Å²) in [5.41, 5.74) is 8.06. The highest BCUT2D eigenvalue weighted by molar-refractivity contribution is 7.14. The molecule has 2 aromatic rings. The first-order valence-electron chi connectivity index (χ1n) is 4.17. The average molecular weight is 225 g/mol. The van der Waals surface area contributed by atoms with Gasteiger partial charge in [-0.25, -0.2) is 0 Å². The number of pyridine rings is 1. The molecule has 72 valence electrons. The number of halogens is 1. The van der Waals surface area contributed by atoms with Gasteiger partial charge in [0.15, 0.2) is 0 Å². The Morgan fingerprint density at radius 2 is 2.00 bits per heavy atom. The quantitative estimate of drug-likeness (QED) is 0.852. The monoisotopic (exact) mass is 224 g/mol. The van der Waals surface area contributed by atoms with Crippen molar-refractivity contribution in [2.45, 2.75) is 6.04 Å². The first kappa shape index (κ1) is 9.65. The van der Waals surface area contributed by atoms with Gasteiger partial charge in [0.25, 0.3) is 0 Å². The molecule has 14 heavy (non-hydrogen) atoms. The van der Waals surface area contributed by atoms with Crippen LogP contribution in [-0.2, 0) is 0 Å². The normalized spacial score (nSPS) is 12.7. The molecular weight excluding hydrogens is 216 g/mol. The molecule has 0 fully saturated rings. The Bertz CT molecular complexity index is 413. The number of hydrogen-bond donors (Lipinski definition) is 1. The van der Waals surface area contributed by atoms with Gasteiger partial charge in [-0.3, -0.25) is 4.98 Å². The predicted octanol–water partition coefficient (Wildman–Crippen LogP) is 2.84. The molecule has 2 heterocycles. The predicted molar refractivity (Wildman–Crippen MR) is 59.6 cm³/mol. The lowest BCUT2D eigenvalue weighted by atomic mass is 10.0. The Balaban J connectivity index is 2.34. The Kier molecular flexibility index (Phi) is 2.82. The molecule has 0 aromatic carbocycles. The van der Waals surface area contributed by atoms with Gasteiger partial charge in [0.1, 0.15) is 0 Å². The molecule has 0 amide bonds. The molecular formula is C10H9ClN2S. The maximum Gasteiger partial charge on any atom is 0.0979 e. The molecule has 0 saturated carbocycles. The van der Waals surface area contributed by atoms with Gasteiger partial charge in [-0.1, -0.05) is 11.6 Å². The van der Waals surface area contributed by atoms with Crippen molar-refractivity contribution in [2.75, 3.05) is 0 Å². The summed E-state index contributed by atoms with van der Waals surface area (Å²) in [6, 6.07) is 5.60.